The zero-order valence-corrected chi connectivity index (χ0v) is 11.6. The lowest BCUT2D eigenvalue weighted by Gasteiger charge is -2.37. The average molecular weight is 281 g/mol. The van der Waals surface area contributed by atoms with Crippen LogP contribution in [0, 0.1) is 11.7 Å². The number of halogens is 1. The molecule has 1 N–H and O–H groups in total. The minimum Gasteiger partial charge on any atom is -0.489 e. The summed E-state index contributed by atoms with van der Waals surface area (Å²) in [6, 6.07) is 5.77. The third kappa shape index (κ3) is 3.48. The molecule has 0 amide bonds. The number of likely N-dealkylation sites (tertiary alicyclic amines) is 1. The molecule has 20 heavy (non-hydrogen) atoms. The molecule has 0 bridgehead atoms. The predicted molar refractivity (Wildman–Crippen MR) is 73.3 cm³/mol. The second kappa shape index (κ2) is 6.70. The van der Waals surface area contributed by atoms with Crippen molar-refractivity contribution in [1.29, 1.82) is 0 Å². The summed E-state index contributed by atoms with van der Waals surface area (Å²) in [6.07, 6.45) is 1.92. The van der Waals surface area contributed by atoms with Crippen molar-refractivity contribution in [3.63, 3.8) is 0 Å². The zero-order chi connectivity index (χ0) is 14.5. The number of piperidine rings is 1. The quantitative estimate of drug-likeness (QED) is 0.900. The van der Waals surface area contributed by atoms with Crippen LogP contribution in [-0.2, 0) is 4.79 Å². The number of hydrogen-bond donors (Lipinski definition) is 1. The van der Waals surface area contributed by atoms with Crippen molar-refractivity contribution in [3.8, 4) is 5.75 Å². The highest BCUT2D eigenvalue weighted by Crippen LogP contribution is 2.23. The molecule has 110 valence electrons. The van der Waals surface area contributed by atoms with E-state index in [1.165, 1.54) is 6.07 Å². The van der Waals surface area contributed by atoms with Gasteiger partial charge in [-0.25, -0.2) is 4.39 Å². The standard InChI is InChI=1S/C15H20FNO3/c1-11-5-4-8-17(14(11)15(18)19)9-10-20-13-7-3-2-6-12(13)16/h2-3,6-7,11,14H,4-5,8-10H2,1H3,(H,18,19). The molecule has 1 saturated heterocycles. The van der Waals surface area contributed by atoms with Crippen molar-refractivity contribution in [3.05, 3.63) is 30.1 Å². The normalized spacial score (nSPS) is 23.5. The van der Waals surface area contributed by atoms with E-state index in [9.17, 15) is 14.3 Å². The van der Waals surface area contributed by atoms with Crippen molar-refractivity contribution >= 4 is 5.97 Å². The van der Waals surface area contributed by atoms with Crippen LogP contribution in [0.5, 0.6) is 5.75 Å². The van der Waals surface area contributed by atoms with Crippen LogP contribution in [0.25, 0.3) is 0 Å². The van der Waals surface area contributed by atoms with Crippen molar-refractivity contribution in [2.75, 3.05) is 19.7 Å². The van der Waals surface area contributed by atoms with Gasteiger partial charge in [-0.15, -0.1) is 0 Å². The van der Waals surface area contributed by atoms with Crippen LogP contribution in [0.1, 0.15) is 19.8 Å². The number of aliphatic carboxylic acids is 1. The number of rotatable bonds is 5. The monoisotopic (exact) mass is 281 g/mol. The van der Waals surface area contributed by atoms with Crippen LogP contribution >= 0.6 is 0 Å². The molecular formula is C15H20FNO3. The van der Waals surface area contributed by atoms with E-state index in [0.717, 1.165) is 19.4 Å². The van der Waals surface area contributed by atoms with Crippen molar-refractivity contribution in [1.82, 2.24) is 4.90 Å². The lowest BCUT2D eigenvalue weighted by atomic mass is 9.91. The number of para-hydroxylation sites is 1. The van der Waals surface area contributed by atoms with Gasteiger partial charge in [0.1, 0.15) is 12.6 Å². The fourth-order valence-electron chi connectivity index (χ4n) is 2.76. The van der Waals surface area contributed by atoms with Gasteiger partial charge in [0.15, 0.2) is 11.6 Å². The summed E-state index contributed by atoms with van der Waals surface area (Å²) >= 11 is 0. The van der Waals surface area contributed by atoms with E-state index in [2.05, 4.69) is 0 Å². The molecule has 2 rings (SSSR count). The van der Waals surface area contributed by atoms with Crippen LogP contribution in [-0.4, -0.2) is 41.7 Å². The topological polar surface area (TPSA) is 49.8 Å². The van der Waals surface area contributed by atoms with Gasteiger partial charge in [0.2, 0.25) is 0 Å². The van der Waals surface area contributed by atoms with Crippen LogP contribution in [0.3, 0.4) is 0 Å². The van der Waals surface area contributed by atoms with E-state index in [1.807, 2.05) is 11.8 Å². The van der Waals surface area contributed by atoms with Crippen molar-refractivity contribution in [2.24, 2.45) is 5.92 Å². The molecule has 5 heteroatoms. The first-order valence-corrected chi connectivity index (χ1v) is 6.94. The SMILES string of the molecule is CC1CCCN(CCOc2ccccc2F)C1C(=O)O. The Hall–Kier alpha value is -1.62. The average Bonchev–Trinajstić information content (AvgIpc) is 2.40. The molecule has 1 aromatic rings. The maximum atomic E-state index is 13.4. The molecule has 1 fully saturated rings. The van der Waals surface area contributed by atoms with Crippen LogP contribution in [0.4, 0.5) is 4.39 Å². The maximum Gasteiger partial charge on any atom is 0.321 e. The number of hydrogen-bond acceptors (Lipinski definition) is 3. The summed E-state index contributed by atoms with van der Waals surface area (Å²) in [7, 11) is 0. The summed E-state index contributed by atoms with van der Waals surface area (Å²) in [5, 5.41) is 9.30. The fraction of sp³-hybridized carbons (Fsp3) is 0.533. The molecular weight excluding hydrogens is 261 g/mol. The summed E-state index contributed by atoms with van der Waals surface area (Å²) in [6.45, 7) is 3.50. The third-order valence-electron chi connectivity index (χ3n) is 3.76. The van der Waals surface area contributed by atoms with Crippen molar-refractivity contribution < 1.29 is 19.0 Å². The number of benzene rings is 1. The first kappa shape index (κ1) is 14.8. The highest BCUT2D eigenvalue weighted by Gasteiger charge is 2.33. The predicted octanol–water partition coefficient (Wildman–Crippen LogP) is 2.39. The van der Waals surface area contributed by atoms with Gasteiger partial charge in [0, 0.05) is 6.54 Å². The minimum absolute atomic E-state index is 0.134. The lowest BCUT2D eigenvalue weighted by Crippen LogP contribution is -2.50. The Kier molecular flexibility index (Phi) is 4.95. The van der Waals surface area contributed by atoms with Crippen LogP contribution < -0.4 is 4.74 Å². The largest absolute Gasteiger partial charge is 0.489 e. The van der Waals surface area contributed by atoms with E-state index in [1.54, 1.807) is 18.2 Å². The zero-order valence-electron chi connectivity index (χ0n) is 11.6. The summed E-state index contributed by atoms with van der Waals surface area (Å²) in [5.74, 6) is -0.837. The Morgan fingerprint density at radius 1 is 1.50 bits per heavy atom. The second-order valence-corrected chi connectivity index (χ2v) is 5.22. The molecule has 2 unspecified atom stereocenters. The number of carboxylic acids is 1. The molecule has 1 heterocycles. The summed E-state index contributed by atoms with van der Waals surface area (Å²) in [5.41, 5.74) is 0. The van der Waals surface area contributed by atoms with Gasteiger partial charge in [0.25, 0.3) is 0 Å². The molecule has 4 nitrogen and oxygen atoms in total. The van der Waals surface area contributed by atoms with Crippen LogP contribution in [0.15, 0.2) is 24.3 Å². The van der Waals surface area contributed by atoms with Gasteiger partial charge in [-0.2, -0.15) is 0 Å². The highest BCUT2D eigenvalue weighted by molar-refractivity contribution is 5.74. The van der Waals surface area contributed by atoms with Crippen LogP contribution in [0.2, 0.25) is 0 Å². The van der Waals surface area contributed by atoms with Gasteiger partial charge in [-0.3, -0.25) is 9.69 Å². The number of carbonyl (C=O) groups is 1. The molecule has 2 atom stereocenters. The Morgan fingerprint density at radius 2 is 2.25 bits per heavy atom. The Labute approximate surface area is 118 Å². The van der Waals surface area contributed by atoms with E-state index in [4.69, 9.17) is 4.74 Å². The Balaban J connectivity index is 1.89. The third-order valence-corrected chi connectivity index (χ3v) is 3.76. The molecule has 0 aromatic heterocycles. The van der Waals surface area contributed by atoms with Gasteiger partial charge in [-0.05, 0) is 37.4 Å². The van der Waals surface area contributed by atoms with Gasteiger partial charge in [0.05, 0.1) is 0 Å². The minimum atomic E-state index is -0.789. The van der Waals surface area contributed by atoms with Crippen molar-refractivity contribution in [2.45, 2.75) is 25.8 Å². The molecule has 1 aromatic carbocycles. The first-order chi connectivity index (χ1) is 9.59. The summed E-state index contributed by atoms with van der Waals surface area (Å²) < 4.78 is 18.8. The Morgan fingerprint density at radius 3 is 2.95 bits per heavy atom. The van der Waals surface area contributed by atoms with Gasteiger partial charge < -0.3 is 9.84 Å². The van der Waals surface area contributed by atoms with Gasteiger partial charge in [-0.1, -0.05) is 19.1 Å². The number of carboxylic acid groups (broad SMARTS) is 1. The number of ether oxygens (including phenoxy) is 1. The smallest absolute Gasteiger partial charge is 0.321 e. The second-order valence-electron chi connectivity index (χ2n) is 5.22. The molecule has 0 aliphatic carbocycles. The molecule has 0 radical (unpaired) electrons. The highest BCUT2D eigenvalue weighted by atomic mass is 19.1. The number of nitrogens with zero attached hydrogens (tertiary/aromatic N) is 1. The van der Waals surface area contributed by atoms with E-state index in [-0.39, 0.29) is 18.3 Å². The van der Waals surface area contributed by atoms with E-state index in [0.29, 0.717) is 6.54 Å². The molecule has 1 aliphatic heterocycles. The van der Waals surface area contributed by atoms with E-state index < -0.39 is 17.8 Å². The fourth-order valence-corrected chi connectivity index (χ4v) is 2.76. The first-order valence-electron chi connectivity index (χ1n) is 6.94. The Bertz CT molecular complexity index is 466. The molecule has 0 spiro atoms. The summed E-state index contributed by atoms with van der Waals surface area (Å²) in [4.78, 5) is 13.2. The maximum absolute atomic E-state index is 13.4. The van der Waals surface area contributed by atoms with E-state index >= 15 is 0 Å². The van der Waals surface area contributed by atoms with Gasteiger partial charge >= 0.3 is 5.97 Å². The molecule has 0 saturated carbocycles. The molecule has 1 aliphatic rings. The lowest BCUT2D eigenvalue weighted by molar-refractivity contribution is -0.147.